The van der Waals surface area contributed by atoms with Gasteiger partial charge in [0.05, 0.1) is 13.1 Å². The predicted molar refractivity (Wildman–Crippen MR) is 111 cm³/mol. The van der Waals surface area contributed by atoms with E-state index >= 15 is 0 Å². The van der Waals surface area contributed by atoms with Gasteiger partial charge in [0.2, 0.25) is 11.8 Å². The summed E-state index contributed by atoms with van der Waals surface area (Å²) in [5.74, 6) is -0.0233. The fraction of sp³-hybridized carbons (Fsp3) is 0.857. The van der Waals surface area contributed by atoms with Crippen LogP contribution in [-0.4, -0.2) is 90.9 Å². The normalized spacial score (nSPS) is 22.7. The second-order valence-corrected chi connectivity index (χ2v) is 8.70. The minimum absolute atomic E-state index is 0.196. The molecule has 4 amide bonds. The minimum Gasteiger partial charge on any atom is -0.342 e. The number of urea groups is 1. The summed E-state index contributed by atoms with van der Waals surface area (Å²) in [5, 5.41) is 5.37. The Kier molecular flexibility index (Phi) is 8.73. The SMILES string of the molecule is O=C(CN1CCN(CC(=O)N2CCCCCC2)CC1)NC(=O)NC1CCCCC1. The van der Waals surface area contributed by atoms with Crippen molar-refractivity contribution in [3.63, 3.8) is 0 Å². The Labute approximate surface area is 174 Å². The number of imide groups is 1. The first-order valence-corrected chi connectivity index (χ1v) is 11.4. The molecule has 2 saturated heterocycles. The molecular formula is C21H37N5O3. The molecule has 2 heterocycles. The highest BCUT2D eigenvalue weighted by Gasteiger charge is 2.24. The van der Waals surface area contributed by atoms with Crippen LogP contribution in [0.25, 0.3) is 0 Å². The second kappa shape index (κ2) is 11.5. The van der Waals surface area contributed by atoms with Gasteiger partial charge < -0.3 is 10.2 Å². The summed E-state index contributed by atoms with van der Waals surface area (Å²) in [6, 6.07) is -0.176. The molecule has 0 bridgehead atoms. The monoisotopic (exact) mass is 407 g/mol. The molecule has 0 atom stereocenters. The van der Waals surface area contributed by atoms with Crippen LogP contribution in [0, 0.1) is 0 Å². The molecule has 8 heteroatoms. The number of rotatable bonds is 5. The van der Waals surface area contributed by atoms with Gasteiger partial charge in [-0.2, -0.15) is 0 Å². The van der Waals surface area contributed by atoms with Crippen LogP contribution in [0.15, 0.2) is 0 Å². The van der Waals surface area contributed by atoms with E-state index in [1.807, 2.05) is 4.90 Å². The van der Waals surface area contributed by atoms with E-state index in [2.05, 4.69) is 20.4 Å². The average Bonchev–Trinajstić information content (AvgIpc) is 2.99. The van der Waals surface area contributed by atoms with E-state index in [1.54, 1.807) is 0 Å². The third-order valence-corrected chi connectivity index (χ3v) is 6.34. The maximum Gasteiger partial charge on any atom is 0.321 e. The predicted octanol–water partition coefficient (Wildman–Crippen LogP) is 1.17. The summed E-state index contributed by atoms with van der Waals surface area (Å²) in [5.41, 5.74) is 0. The highest BCUT2D eigenvalue weighted by Crippen LogP contribution is 2.17. The molecule has 164 valence electrons. The molecular weight excluding hydrogens is 370 g/mol. The Hall–Kier alpha value is -1.67. The number of amides is 4. The van der Waals surface area contributed by atoms with Gasteiger partial charge in [-0.3, -0.25) is 24.7 Å². The lowest BCUT2D eigenvalue weighted by atomic mass is 9.96. The summed E-state index contributed by atoms with van der Waals surface area (Å²) < 4.78 is 0. The molecule has 2 aliphatic heterocycles. The molecule has 0 radical (unpaired) electrons. The first kappa shape index (κ1) is 22.0. The van der Waals surface area contributed by atoms with Gasteiger partial charge in [-0.25, -0.2) is 4.79 Å². The van der Waals surface area contributed by atoms with Crippen molar-refractivity contribution in [2.45, 2.75) is 63.8 Å². The van der Waals surface area contributed by atoms with Crippen molar-refractivity contribution in [3.8, 4) is 0 Å². The maximum absolute atomic E-state index is 12.5. The van der Waals surface area contributed by atoms with Gasteiger partial charge in [-0.1, -0.05) is 32.1 Å². The minimum atomic E-state index is -0.372. The molecule has 3 fully saturated rings. The maximum atomic E-state index is 12.5. The largest absolute Gasteiger partial charge is 0.342 e. The Morgan fingerprint density at radius 3 is 1.86 bits per heavy atom. The van der Waals surface area contributed by atoms with Crippen molar-refractivity contribution < 1.29 is 14.4 Å². The number of likely N-dealkylation sites (tertiary alicyclic amines) is 1. The van der Waals surface area contributed by atoms with Crippen LogP contribution in [0.4, 0.5) is 4.79 Å². The van der Waals surface area contributed by atoms with Gasteiger partial charge in [0, 0.05) is 45.3 Å². The zero-order valence-electron chi connectivity index (χ0n) is 17.7. The van der Waals surface area contributed by atoms with Gasteiger partial charge in [0.1, 0.15) is 0 Å². The lowest BCUT2D eigenvalue weighted by Gasteiger charge is -2.35. The number of nitrogens with zero attached hydrogens (tertiary/aromatic N) is 3. The molecule has 2 N–H and O–H groups in total. The second-order valence-electron chi connectivity index (χ2n) is 8.70. The van der Waals surface area contributed by atoms with Crippen molar-refractivity contribution in [3.05, 3.63) is 0 Å². The summed E-state index contributed by atoms with van der Waals surface area (Å²) in [7, 11) is 0. The van der Waals surface area contributed by atoms with E-state index in [9.17, 15) is 14.4 Å². The number of piperazine rings is 1. The Balaban J connectivity index is 1.31. The Morgan fingerprint density at radius 1 is 0.690 bits per heavy atom. The summed E-state index contributed by atoms with van der Waals surface area (Å²) in [6.45, 7) is 5.53. The Morgan fingerprint density at radius 2 is 1.24 bits per heavy atom. The highest BCUT2D eigenvalue weighted by molar-refractivity contribution is 5.95. The van der Waals surface area contributed by atoms with Crippen molar-refractivity contribution in [1.82, 2.24) is 25.3 Å². The first-order chi connectivity index (χ1) is 14.1. The van der Waals surface area contributed by atoms with Gasteiger partial charge in [0.25, 0.3) is 0 Å². The molecule has 3 rings (SSSR count). The Bertz CT molecular complexity index is 549. The van der Waals surface area contributed by atoms with Crippen molar-refractivity contribution in [1.29, 1.82) is 0 Å². The summed E-state index contributed by atoms with van der Waals surface area (Å²) in [4.78, 5) is 42.9. The zero-order valence-corrected chi connectivity index (χ0v) is 17.7. The van der Waals surface area contributed by atoms with Crippen LogP contribution in [0.5, 0.6) is 0 Å². The van der Waals surface area contributed by atoms with Crippen LogP contribution < -0.4 is 10.6 Å². The fourth-order valence-corrected chi connectivity index (χ4v) is 4.55. The van der Waals surface area contributed by atoms with Crippen molar-refractivity contribution in [2.75, 3.05) is 52.4 Å². The van der Waals surface area contributed by atoms with Gasteiger partial charge >= 0.3 is 6.03 Å². The first-order valence-electron chi connectivity index (χ1n) is 11.4. The zero-order chi connectivity index (χ0) is 20.5. The molecule has 0 aromatic heterocycles. The van der Waals surface area contributed by atoms with E-state index in [-0.39, 0.29) is 30.4 Å². The molecule has 0 spiro atoms. The number of carbonyl (C=O) groups is 3. The topological polar surface area (TPSA) is 85.0 Å². The standard InChI is InChI=1S/C21H37N5O3/c27-19(23-21(29)22-18-8-4-3-5-9-18)16-24-12-14-25(15-13-24)17-20(28)26-10-6-1-2-7-11-26/h18H,1-17H2,(H2,22,23,27,29). The molecule has 3 aliphatic rings. The lowest BCUT2D eigenvalue weighted by molar-refractivity contribution is -0.133. The van der Waals surface area contributed by atoms with Crippen LogP contribution in [0.3, 0.4) is 0 Å². The van der Waals surface area contributed by atoms with Crippen LogP contribution in [0.2, 0.25) is 0 Å². The van der Waals surface area contributed by atoms with E-state index in [0.717, 1.165) is 77.8 Å². The lowest BCUT2D eigenvalue weighted by Crippen LogP contribution is -2.53. The molecule has 0 aromatic rings. The molecule has 0 unspecified atom stereocenters. The quantitative estimate of drug-likeness (QED) is 0.715. The molecule has 1 aliphatic carbocycles. The van der Waals surface area contributed by atoms with Crippen LogP contribution in [-0.2, 0) is 9.59 Å². The van der Waals surface area contributed by atoms with E-state index in [1.165, 1.54) is 19.3 Å². The van der Waals surface area contributed by atoms with Crippen LogP contribution >= 0.6 is 0 Å². The third kappa shape index (κ3) is 7.59. The van der Waals surface area contributed by atoms with Gasteiger partial charge in [0.15, 0.2) is 0 Å². The third-order valence-electron chi connectivity index (χ3n) is 6.34. The van der Waals surface area contributed by atoms with Crippen molar-refractivity contribution >= 4 is 17.8 Å². The van der Waals surface area contributed by atoms with E-state index in [0.29, 0.717) is 6.54 Å². The average molecular weight is 408 g/mol. The van der Waals surface area contributed by atoms with Gasteiger partial charge in [-0.05, 0) is 25.7 Å². The number of hydrogen-bond acceptors (Lipinski definition) is 5. The fourth-order valence-electron chi connectivity index (χ4n) is 4.55. The summed E-state index contributed by atoms with van der Waals surface area (Å²) >= 11 is 0. The number of carbonyl (C=O) groups excluding carboxylic acids is 3. The molecule has 0 aromatic carbocycles. The summed E-state index contributed by atoms with van der Waals surface area (Å²) in [6.07, 6.45) is 10.2. The van der Waals surface area contributed by atoms with Gasteiger partial charge in [-0.15, -0.1) is 0 Å². The highest BCUT2D eigenvalue weighted by atomic mass is 16.2. The molecule has 29 heavy (non-hydrogen) atoms. The van der Waals surface area contributed by atoms with E-state index < -0.39 is 0 Å². The number of hydrogen-bond donors (Lipinski definition) is 2. The smallest absolute Gasteiger partial charge is 0.321 e. The van der Waals surface area contributed by atoms with E-state index in [4.69, 9.17) is 0 Å². The van der Waals surface area contributed by atoms with Crippen LogP contribution in [0.1, 0.15) is 57.8 Å². The molecule has 8 nitrogen and oxygen atoms in total. The number of nitrogens with one attached hydrogen (secondary N) is 2. The van der Waals surface area contributed by atoms with Crippen molar-refractivity contribution in [2.24, 2.45) is 0 Å². The molecule has 1 saturated carbocycles.